The van der Waals surface area contributed by atoms with Crippen LogP contribution in [0.15, 0.2) is 18.2 Å². The highest BCUT2D eigenvalue weighted by Gasteiger charge is 2.15. The van der Waals surface area contributed by atoms with Crippen molar-refractivity contribution >= 4 is 5.69 Å². The third-order valence-electron chi connectivity index (χ3n) is 3.09. The van der Waals surface area contributed by atoms with Gasteiger partial charge >= 0.3 is 0 Å². The molecule has 1 N–H and O–H groups in total. The zero-order valence-corrected chi connectivity index (χ0v) is 10.4. The molecule has 0 aliphatic carbocycles. The van der Waals surface area contributed by atoms with E-state index in [0.29, 0.717) is 11.8 Å². The molecule has 0 amide bonds. The van der Waals surface area contributed by atoms with Gasteiger partial charge in [-0.3, -0.25) is 0 Å². The van der Waals surface area contributed by atoms with E-state index in [1.165, 1.54) is 7.11 Å². The van der Waals surface area contributed by atoms with Gasteiger partial charge in [-0.15, -0.1) is 0 Å². The first-order valence-corrected chi connectivity index (χ1v) is 6.02. The van der Waals surface area contributed by atoms with Gasteiger partial charge in [0, 0.05) is 30.9 Å². The Morgan fingerprint density at radius 1 is 1.47 bits per heavy atom. The second-order valence-electron chi connectivity index (χ2n) is 4.47. The third kappa shape index (κ3) is 2.88. The summed E-state index contributed by atoms with van der Waals surface area (Å²) in [4.78, 5) is 2.22. The Morgan fingerprint density at radius 2 is 2.29 bits per heavy atom. The molecule has 0 radical (unpaired) electrons. The van der Waals surface area contributed by atoms with Crippen LogP contribution < -0.4 is 15.0 Å². The Balaban J connectivity index is 2.17. The molecule has 1 unspecified atom stereocenters. The monoisotopic (exact) mass is 238 g/mol. The summed E-state index contributed by atoms with van der Waals surface area (Å²) in [6.45, 7) is 5.05. The van der Waals surface area contributed by atoms with Gasteiger partial charge in [-0.2, -0.15) is 0 Å². The van der Waals surface area contributed by atoms with Gasteiger partial charge in [-0.05, 0) is 32.0 Å². The molecule has 1 fully saturated rings. The van der Waals surface area contributed by atoms with Crippen molar-refractivity contribution in [2.75, 3.05) is 31.6 Å². The topological polar surface area (TPSA) is 24.5 Å². The highest BCUT2D eigenvalue weighted by molar-refractivity contribution is 5.50. The summed E-state index contributed by atoms with van der Waals surface area (Å²) in [6.07, 6.45) is 1.08. The van der Waals surface area contributed by atoms with E-state index in [4.69, 9.17) is 4.74 Å². The summed E-state index contributed by atoms with van der Waals surface area (Å²) in [7, 11) is 1.48. The Kier molecular flexibility index (Phi) is 3.84. The van der Waals surface area contributed by atoms with Crippen molar-refractivity contribution in [1.29, 1.82) is 0 Å². The minimum Gasteiger partial charge on any atom is -0.494 e. The molecule has 1 saturated heterocycles. The first-order valence-electron chi connectivity index (χ1n) is 6.02. The maximum atomic E-state index is 13.6. The molecule has 1 aliphatic rings. The van der Waals surface area contributed by atoms with E-state index in [2.05, 4.69) is 17.1 Å². The first-order chi connectivity index (χ1) is 8.20. The smallest absolute Gasteiger partial charge is 0.167 e. The van der Waals surface area contributed by atoms with Crippen molar-refractivity contribution in [3.05, 3.63) is 24.0 Å². The summed E-state index contributed by atoms with van der Waals surface area (Å²) in [5, 5.41) is 3.42. The molecule has 3 nitrogen and oxygen atoms in total. The molecule has 4 heteroatoms. The van der Waals surface area contributed by atoms with Crippen LogP contribution in [0.4, 0.5) is 10.1 Å². The minimum atomic E-state index is -0.296. The van der Waals surface area contributed by atoms with Crippen LogP contribution in [-0.4, -0.2) is 32.8 Å². The zero-order chi connectivity index (χ0) is 12.3. The van der Waals surface area contributed by atoms with Crippen LogP contribution in [-0.2, 0) is 0 Å². The van der Waals surface area contributed by atoms with Gasteiger partial charge in [-0.1, -0.05) is 0 Å². The minimum absolute atomic E-state index is 0.296. The van der Waals surface area contributed by atoms with Crippen LogP contribution in [0.1, 0.15) is 13.3 Å². The van der Waals surface area contributed by atoms with Crippen LogP contribution in [0.3, 0.4) is 0 Å². The van der Waals surface area contributed by atoms with Gasteiger partial charge < -0.3 is 15.0 Å². The zero-order valence-electron chi connectivity index (χ0n) is 10.4. The van der Waals surface area contributed by atoms with Crippen molar-refractivity contribution in [3.8, 4) is 5.75 Å². The molecule has 0 aromatic heterocycles. The summed E-state index contributed by atoms with van der Waals surface area (Å²) in [5.41, 5.74) is 0.929. The third-order valence-corrected chi connectivity index (χ3v) is 3.09. The van der Waals surface area contributed by atoms with E-state index in [0.717, 1.165) is 31.7 Å². The highest BCUT2D eigenvalue weighted by Crippen LogP contribution is 2.24. The van der Waals surface area contributed by atoms with Crippen LogP contribution in [0.25, 0.3) is 0 Å². The SMILES string of the molecule is COc1ccc(N2CCCNC(C)C2)cc1F. The average Bonchev–Trinajstić information content (AvgIpc) is 2.54. The lowest BCUT2D eigenvalue weighted by molar-refractivity contribution is 0.386. The lowest BCUT2D eigenvalue weighted by Crippen LogP contribution is -2.35. The van der Waals surface area contributed by atoms with Gasteiger partial charge in [-0.25, -0.2) is 4.39 Å². The number of benzene rings is 1. The molecule has 1 heterocycles. The number of rotatable bonds is 2. The molecule has 2 rings (SSSR count). The van der Waals surface area contributed by atoms with E-state index in [-0.39, 0.29) is 5.82 Å². The molecular formula is C13H19FN2O. The molecule has 0 bridgehead atoms. The number of hydrogen-bond donors (Lipinski definition) is 1. The quantitative estimate of drug-likeness (QED) is 0.853. The summed E-state index contributed by atoms with van der Waals surface area (Å²) < 4.78 is 18.6. The largest absolute Gasteiger partial charge is 0.494 e. The Hall–Kier alpha value is -1.29. The molecule has 17 heavy (non-hydrogen) atoms. The van der Waals surface area contributed by atoms with Crippen LogP contribution in [0.2, 0.25) is 0 Å². The number of methoxy groups -OCH3 is 1. The molecule has 1 atom stereocenters. The average molecular weight is 238 g/mol. The number of anilines is 1. The van der Waals surface area contributed by atoms with E-state index in [1.54, 1.807) is 12.1 Å². The maximum Gasteiger partial charge on any atom is 0.167 e. The number of nitrogens with one attached hydrogen (secondary N) is 1. The fraction of sp³-hybridized carbons (Fsp3) is 0.538. The molecule has 1 aromatic rings. The predicted octanol–water partition coefficient (Wildman–Crippen LogP) is 2.02. The van der Waals surface area contributed by atoms with Crippen molar-refractivity contribution in [2.45, 2.75) is 19.4 Å². The van der Waals surface area contributed by atoms with Crippen LogP contribution >= 0.6 is 0 Å². The van der Waals surface area contributed by atoms with E-state index in [1.807, 2.05) is 6.07 Å². The van der Waals surface area contributed by atoms with E-state index >= 15 is 0 Å². The fourth-order valence-corrected chi connectivity index (χ4v) is 2.19. The maximum absolute atomic E-state index is 13.6. The first kappa shape index (κ1) is 12.2. The van der Waals surface area contributed by atoms with Crippen molar-refractivity contribution in [2.24, 2.45) is 0 Å². The molecule has 1 aliphatic heterocycles. The van der Waals surface area contributed by atoms with Gasteiger partial charge in [0.25, 0.3) is 0 Å². The predicted molar refractivity (Wildman–Crippen MR) is 67.2 cm³/mol. The number of halogens is 1. The second-order valence-corrected chi connectivity index (χ2v) is 4.47. The van der Waals surface area contributed by atoms with Crippen molar-refractivity contribution in [3.63, 3.8) is 0 Å². The van der Waals surface area contributed by atoms with Crippen molar-refractivity contribution < 1.29 is 9.13 Å². The number of nitrogens with zero attached hydrogens (tertiary/aromatic N) is 1. The van der Waals surface area contributed by atoms with E-state index in [9.17, 15) is 4.39 Å². The lowest BCUT2D eigenvalue weighted by Gasteiger charge is -2.25. The van der Waals surface area contributed by atoms with Crippen LogP contribution in [0.5, 0.6) is 5.75 Å². The van der Waals surface area contributed by atoms with Gasteiger partial charge in [0.15, 0.2) is 11.6 Å². The lowest BCUT2D eigenvalue weighted by atomic mass is 10.2. The molecule has 0 saturated carbocycles. The Labute approximate surface area is 102 Å². The molecule has 0 spiro atoms. The summed E-state index contributed by atoms with van der Waals surface area (Å²) >= 11 is 0. The molecule has 94 valence electrons. The van der Waals surface area contributed by atoms with Gasteiger partial charge in [0.2, 0.25) is 0 Å². The standard InChI is InChI=1S/C13H19FN2O/c1-10-9-16(7-3-6-15-10)11-4-5-13(17-2)12(14)8-11/h4-5,8,10,15H,3,6-7,9H2,1-2H3. The summed E-state index contributed by atoms with van der Waals surface area (Å²) in [5.74, 6) is 0.00426. The molecule has 1 aromatic carbocycles. The Morgan fingerprint density at radius 3 is 3.00 bits per heavy atom. The van der Waals surface area contributed by atoms with Gasteiger partial charge in [0.1, 0.15) is 0 Å². The van der Waals surface area contributed by atoms with E-state index < -0.39 is 0 Å². The molecular weight excluding hydrogens is 219 g/mol. The normalized spacial score (nSPS) is 21.1. The number of ether oxygens (including phenoxy) is 1. The van der Waals surface area contributed by atoms with Crippen LogP contribution in [0, 0.1) is 5.82 Å². The Bertz CT molecular complexity index is 384. The van der Waals surface area contributed by atoms with Crippen molar-refractivity contribution in [1.82, 2.24) is 5.32 Å². The fourth-order valence-electron chi connectivity index (χ4n) is 2.19. The van der Waals surface area contributed by atoms with Gasteiger partial charge in [0.05, 0.1) is 7.11 Å². The summed E-state index contributed by atoms with van der Waals surface area (Å²) in [6, 6.07) is 5.59. The highest BCUT2D eigenvalue weighted by atomic mass is 19.1. The second kappa shape index (κ2) is 5.36. The number of hydrogen-bond acceptors (Lipinski definition) is 3.